The van der Waals surface area contributed by atoms with Crippen LogP contribution >= 0.6 is 0 Å². The Morgan fingerprint density at radius 3 is 2.13 bits per heavy atom. The molecule has 156 valence electrons. The van der Waals surface area contributed by atoms with Crippen LogP contribution in [0.1, 0.15) is 36.4 Å². The summed E-state index contributed by atoms with van der Waals surface area (Å²) in [5.41, 5.74) is 6.77. The molecule has 0 bridgehead atoms. The van der Waals surface area contributed by atoms with E-state index >= 15 is 0 Å². The Bertz CT molecular complexity index is 960. The van der Waals surface area contributed by atoms with Crippen molar-refractivity contribution >= 4 is 23.2 Å². The van der Waals surface area contributed by atoms with E-state index < -0.39 is 0 Å². The van der Waals surface area contributed by atoms with Gasteiger partial charge >= 0.3 is 0 Å². The highest BCUT2D eigenvalue weighted by Crippen LogP contribution is 2.44. The molecule has 1 heterocycles. The van der Waals surface area contributed by atoms with Gasteiger partial charge in [0.2, 0.25) is 0 Å². The lowest BCUT2D eigenvalue weighted by molar-refractivity contribution is 0.202. The lowest BCUT2D eigenvalue weighted by Crippen LogP contribution is -2.26. The SMILES string of the molecule is CN(C)c1ccc(/C=C2\CCC[C@H]3C2=NN(N=O)[C@@H]3c2ccc(N(C)C)cc2)cc1. The van der Waals surface area contributed by atoms with Gasteiger partial charge in [0.15, 0.2) is 0 Å². The molecule has 0 N–H and O–H groups in total. The molecule has 1 aliphatic heterocycles. The first-order chi connectivity index (χ1) is 14.5. The largest absolute Gasteiger partial charge is 0.378 e. The van der Waals surface area contributed by atoms with Crippen LogP contribution in [0.4, 0.5) is 11.4 Å². The van der Waals surface area contributed by atoms with E-state index in [1.54, 1.807) is 0 Å². The third kappa shape index (κ3) is 3.82. The molecule has 2 aromatic rings. The van der Waals surface area contributed by atoms with Gasteiger partial charge in [0.1, 0.15) is 6.04 Å². The average Bonchev–Trinajstić information content (AvgIpc) is 3.14. The second kappa shape index (κ2) is 8.30. The van der Waals surface area contributed by atoms with Crippen LogP contribution in [-0.2, 0) is 0 Å². The van der Waals surface area contributed by atoms with Crippen LogP contribution < -0.4 is 9.80 Å². The minimum absolute atomic E-state index is 0.131. The average molecular weight is 404 g/mol. The summed E-state index contributed by atoms with van der Waals surface area (Å²) in [5, 5.41) is 9.28. The molecule has 2 aromatic carbocycles. The van der Waals surface area contributed by atoms with Crippen molar-refractivity contribution in [2.75, 3.05) is 38.0 Å². The van der Waals surface area contributed by atoms with Gasteiger partial charge in [0.25, 0.3) is 0 Å². The van der Waals surface area contributed by atoms with Crippen molar-refractivity contribution < 1.29 is 0 Å². The highest BCUT2D eigenvalue weighted by molar-refractivity contribution is 6.07. The second-order valence-corrected chi connectivity index (χ2v) is 8.47. The van der Waals surface area contributed by atoms with Crippen molar-refractivity contribution in [1.29, 1.82) is 0 Å². The van der Waals surface area contributed by atoms with E-state index in [9.17, 15) is 4.91 Å². The zero-order chi connectivity index (χ0) is 21.3. The molecule has 0 spiro atoms. The van der Waals surface area contributed by atoms with E-state index in [-0.39, 0.29) is 12.0 Å². The maximum Gasteiger partial charge on any atom is 0.108 e. The van der Waals surface area contributed by atoms with Crippen LogP contribution in [0.3, 0.4) is 0 Å². The summed E-state index contributed by atoms with van der Waals surface area (Å²) in [4.78, 5) is 15.8. The Morgan fingerprint density at radius 2 is 1.57 bits per heavy atom. The van der Waals surface area contributed by atoms with Crippen molar-refractivity contribution in [3.8, 4) is 0 Å². The zero-order valence-corrected chi connectivity index (χ0v) is 18.1. The van der Waals surface area contributed by atoms with Crippen LogP contribution in [-0.4, -0.2) is 39.0 Å². The molecule has 1 saturated carbocycles. The van der Waals surface area contributed by atoms with Crippen LogP contribution in [0.15, 0.2) is 64.5 Å². The van der Waals surface area contributed by atoms with Gasteiger partial charge in [-0.25, -0.2) is 0 Å². The van der Waals surface area contributed by atoms with Crippen LogP contribution in [0, 0.1) is 10.8 Å². The summed E-state index contributed by atoms with van der Waals surface area (Å²) in [7, 11) is 8.13. The molecule has 0 saturated heterocycles. The van der Waals surface area contributed by atoms with Gasteiger partial charge in [-0.3, -0.25) is 0 Å². The topological polar surface area (TPSA) is 51.5 Å². The first-order valence-corrected chi connectivity index (χ1v) is 10.4. The highest BCUT2D eigenvalue weighted by Gasteiger charge is 2.42. The molecule has 0 amide bonds. The standard InChI is InChI=1S/C24H29N5O/c1-27(2)20-12-8-17(9-13-20)16-19-6-5-7-22-23(19)25-29(26-30)24(22)18-10-14-21(15-11-18)28(3)4/h8-16,22,24H,5-7H2,1-4H3/b19-16+/t22-,24+/m0/s1. The summed E-state index contributed by atoms with van der Waals surface area (Å²) in [6, 6.07) is 16.7. The summed E-state index contributed by atoms with van der Waals surface area (Å²) in [6.07, 6.45) is 5.29. The minimum atomic E-state index is -0.131. The number of anilines is 2. The molecular formula is C24H29N5O. The van der Waals surface area contributed by atoms with Crippen LogP contribution in [0.2, 0.25) is 0 Å². The molecule has 30 heavy (non-hydrogen) atoms. The van der Waals surface area contributed by atoms with Crippen molar-refractivity contribution in [1.82, 2.24) is 5.12 Å². The van der Waals surface area contributed by atoms with Gasteiger partial charge in [0.05, 0.1) is 11.0 Å². The van der Waals surface area contributed by atoms with Crippen molar-refractivity contribution in [3.05, 3.63) is 70.1 Å². The molecule has 1 fully saturated rings. The van der Waals surface area contributed by atoms with Gasteiger partial charge in [-0.15, -0.1) is 10.0 Å². The number of benzene rings is 2. The maximum atomic E-state index is 11.6. The van der Waals surface area contributed by atoms with Gasteiger partial charge in [0, 0.05) is 45.5 Å². The fourth-order valence-electron chi connectivity index (χ4n) is 4.41. The van der Waals surface area contributed by atoms with E-state index in [4.69, 9.17) is 0 Å². The van der Waals surface area contributed by atoms with Gasteiger partial charge < -0.3 is 9.80 Å². The second-order valence-electron chi connectivity index (χ2n) is 8.47. The fourth-order valence-corrected chi connectivity index (χ4v) is 4.41. The number of hydrogen-bond acceptors (Lipinski definition) is 5. The monoisotopic (exact) mass is 403 g/mol. The van der Waals surface area contributed by atoms with Crippen LogP contribution in [0.5, 0.6) is 0 Å². The minimum Gasteiger partial charge on any atom is -0.378 e. The van der Waals surface area contributed by atoms with E-state index in [2.05, 4.69) is 74.8 Å². The zero-order valence-electron chi connectivity index (χ0n) is 18.1. The predicted molar refractivity (Wildman–Crippen MR) is 125 cm³/mol. The van der Waals surface area contributed by atoms with Gasteiger partial charge in [-0.05, 0) is 66.3 Å². The Morgan fingerprint density at radius 1 is 0.967 bits per heavy atom. The Balaban J connectivity index is 1.63. The fraction of sp³-hybridized carbons (Fsp3) is 0.375. The molecule has 1 aliphatic carbocycles. The molecule has 0 aromatic heterocycles. The lowest BCUT2D eigenvalue weighted by atomic mass is 9.77. The summed E-state index contributed by atoms with van der Waals surface area (Å²) in [5.74, 6) is 0.189. The Labute approximate surface area is 178 Å². The molecular weight excluding hydrogens is 374 g/mol. The quantitative estimate of drug-likeness (QED) is 0.652. The first-order valence-electron chi connectivity index (χ1n) is 10.4. The van der Waals surface area contributed by atoms with Gasteiger partial charge in [-0.1, -0.05) is 24.3 Å². The normalized spacial score (nSPS) is 21.9. The maximum absolute atomic E-state index is 11.6. The predicted octanol–water partition coefficient (Wildman–Crippen LogP) is 5.10. The molecule has 2 atom stereocenters. The molecule has 0 unspecified atom stereocenters. The molecule has 6 heteroatoms. The summed E-state index contributed by atoms with van der Waals surface area (Å²) >= 11 is 0. The van der Waals surface area contributed by atoms with Crippen LogP contribution in [0.25, 0.3) is 6.08 Å². The van der Waals surface area contributed by atoms with Gasteiger partial charge in [-0.2, -0.15) is 5.10 Å². The van der Waals surface area contributed by atoms with Crippen molar-refractivity contribution in [2.45, 2.75) is 25.3 Å². The number of rotatable bonds is 5. The first kappa shape index (κ1) is 20.1. The lowest BCUT2D eigenvalue weighted by Gasteiger charge is -2.27. The van der Waals surface area contributed by atoms with E-state index in [1.807, 2.05) is 28.2 Å². The third-order valence-corrected chi connectivity index (χ3v) is 6.07. The number of allylic oxidation sites excluding steroid dienone is 1. The summed E-state index contributed by atoms with van der Waals surface area (Å²) < 4.78 is 0. The highest BCUT2D eigenvalue weighted by atomic mass is 16.3. The molecule has 4 rings (SSSR count). The number of nitrogens with zero attached hydrogens (tertiary/aromatic N) is 5. The number of nitroso groups, excluding NO2 is 1. The van der Waals surface area contributed by atoms with Crippen molar-refractivity contribution in [2.24, 2.45) is 16.3 Å². The molecule has 2 aliphatic rings. The summed E-state index contributed by atoms with van der Waals surface area (Å²) in [6.45, 7) is 0. The smallest absolute Gasteiger partial charge is 0.108 e. The molecule has 0 radical (unpaired) electrons. The number of hydrazone groups is 1. The van der Waals surface area contributed by atoms with Crippen molar-refractivity contribution in [3.63, 3.8) is 0 Å². The third-order valence-electron chi connectivity index (χ3n) is 6.07. The number of hydrogen-bond donors (Lipinski definition) is 0. The Kier molecular flexibility index (Phi) is 5.57. The van der Waals surface area contributed by atoms with E-state index in [1.165, 1.54) is 16.4 Å². The molecule has 6 nitrogen and oxygen atoms in total. The van der Waals surface area contributed by atoms with E-state index in [0.717, 1.165) is 41.8 Å². The Hall–Kier alpha value is -3.15. The van der Waals surface area contributed by atoms with E-state index in [0.29, 0.717) is 0 Å². The number of fused-ring (bicyclic) bond motifs is 1.